The third kappa shape index (κ3) is 5.11. The largest absolute Gasteiger partial charge is 0.321 e. The summed E-state index contributed by atoms with van der Waals surface area (Å²) in [6, 6.07) is 7.87. The van der Waals surface area contributed by atoms with E-state index in [1.807, 2.05) is 31.2 Å². The van der Waals surface area contributed by atoms with Gasteiger partial charge in [0, 0.05) is 21.1 Å². The SMILES string of the molecule is Cc1c(Br)cn(Cc2ccc(Br)cc2)c(=O)c1NC(=O)C1CCCCCC1. The van der Waals surface area contributed by atoms with Crippen LogP contribution in [0.25, 0.3) is 0 Å². The molecule has 1 saturated carbocycles. The molecule has 4 nitrogen and oxygen atoms in total. The molecular formula is C21H24Br2N2O2. The molecule has 0 radical (unpaired) electrons. The first kappa shape index (κ1) is 20.3. The summed E-state index contributed by atoms with van der Waals surface area (Å²) in [5, 5.41) is 2.94. The maximum absolute atomic E-state index is 13.0. The lowest BCUT2D eigenvalue weighted by molar-refractivity contribution is -0.120. The molecule has 0 atom stereocenters. The average Bonchev–Trinajstić information content (AvgIpc) is 2.94. The lowest BCUT2D eigenvalue weighted by Gasteiger charge is -2.17. The molecule has 0 aliphatic heterocycles. The molecule has 3 rings (SSSR count). The van der Waals surface area contributed by atoms with Gasteiger partial charge < -0.3 is 9.88 Å². The summed E-state index contributed by atoms with van der Waals surface area (Å²) in [7, 11) is 0. The molecule has 6 heteroatoms. The van der Waals surface area contributed by atoms with Gasteiger partial charge in [-0.1, -0.05) is 53.7 Å². The monoisotopic (exact) mass is 494 g/mol. The normalized spacial score (nSPS) is 15.4. The Labute approximate surface area is 176 Å². The maximum Gasteiger partial charge on any atom is 0.274 e. The zero-order chi connectivity index (χ0) is 19.4. The molecule has 1 aliphatic rings. The molecule has 1 aromatic heterocycles. The van der Waals surface area contributed by atoms with Crippen LogP contribution in [-0.4, -0.2) is 10.5 Å². The van der Waals surface area contributed by atoms with E-state index in [1.54, 1.807) is 10.8 Å². The fourth-order valence-corrected chi connectivity index (χ4v) is 4.24. The van der Waals surface area contributed by atoms with Crippen molar-refractivity contribution in [2.24, 2.45) is 5.92 Å². The number of anilines is 1. The molecule has 1 aromatic carbocycles. The highest BCUT2D eigenvalue weighted by molar-refractivity contribution is 9.10. The van der Waals surface area contributed by atoms with Gasteiger partial charge in [0.15, 0.2) is 0 Å². The summed E-state index contributed by atoms with van der Waals surface area (Å²) in [5.41, 5.74) is 2.02. The number of hydrogen-bond acceptors (Lipinski definition) is 2. The van der Waals surface area contributed by atoms with E-state index in [2.05, 4.69) is 37.2 Å². The standard InChI is InChI=1S/C21H24Br2N2O2/c1-14-18(23)13-25(12-15-8-10-17(22)11-9-15)21(27)19(14)24-20(26)16-6-4-2-3-5-7-16/h8-11,13,16H,2-7,12H2,1H3,(H,24,26). The number of carbonyl (C=O) groups is 1. The summed E-state index contributed by atoms with van der Waals surface area (Å²) in [6.45, 7) is 2.31. The van der Waals surface area contributed by atoms with Crippen molar-refractivity contribution in [1.29, 1.82) is 0 Å². The summed E-state index contributed by atoms with van der Waals surface area (Å²) < 4.78 is 3.46. The van der Waals surface area contributed by atoms with Gasteiger partial charge in [-0.25, -0.2) is 0 Å². The van der Waals surface area contributed by atoms with Gasteiger partial charge >= 0.3 is 0 Å². The van der Waals surface area contributed by atoms with Gasteiger partial charge in [-0.2, -0.15) is 0 Å². The van der Waals surface area contributed by atoms with E-state index in [4.69, 9.17) is 0 Å². The number of aromatic nitrogens is 1. The van der Waals surface area contributed by atoms with Crippen molar-refractivity contribution >= 4 is 43.5 Å². The van der Waals surface area contributed by atoms with E-state index < -0.39 is 0 Å². The highest BCUT2D eigenvalue weighted by Crippen LogP contribution is 2.26. The Morgan fingerprint density at radius 2 is 1.74 bits per heavy atom. The number of carbonyl (C=O) groups excluding carboxylic acids is 1. The number of nitrogens with zero attached hydrogens (tertiary/aromatic N) is 1. The van der Waals surface area contributed by atoms with Crippen LogP contribution in [0.15, 0.2) is 44.2 Å². The highest BCUT2D eigenvalue weighted by atomic mass is 79.9. The predicted molar refractivity (Wildman–Crippen MR) is 116 cm³/mol. The van der Waals surface area contributed by atoms with E-state index in [0.29, 0.717) is 12.2 Å². The lowest BCUT2D eigenvalue weighted by atomic mass is 9.99. The quantitative estimate of drug-likeness (QED) is 0.558. The number of pyridine rings is 1. The zero-order valence-corrected chi connectivity index (χ0v) is 18.6. The van der Waals surface area contributed by atoms with Crippen LogP contribution >= 0.6 is 31.9 Å². The molecule has 0 saturated heterocycles. The van der Waals surface area contributed by atoms with Crippen molar-refractivity contribution in [2.45, 2.75) is 52.0 Å². The minimum absolute atomic E-state index is 0.00482. The fourth-order valence-electron chi connectivity index (χ4n) is 3.53. The van der Waals surface area contributed by atoms with Gasteiger partial charge in [-0.3, -0.25) is 9.59 Å². The summed E-state index contributed by atoms with van der Waals surface area (Å²) in [5.74, 6) is -0.0180. The predicted octanol–water partition coefficient (Wildman–Crippen LogP) is 5.64. The summed E-state index contributed by atoms with van der Waals surface area (Å²) in [4.78, 5) is 25.8. The third-order valence-electron chi connectivity index (χ3n) is 5.22. The van der Waals surface area contributed by atoms with Gasteiger partial charge in [0.2, 0.25) is 5.91 Å². The summed E-state index contributed by atoms with van der Waals surface area (Å²) >= 11 is 6.96. The van der Waals surface area contributed by atoms with E-state index in [0.717, 1.165) is 45.8 Å². The molecule has 2 aromatic rings. The molecule has 0 unspecified atom stereocenters. The second kappa shape index (κ2) is 9.20. The second-order valence-corrected chi connectivity index (χ2v) is 8.98. The van der Waals surface area contributed by atoms with E-state index in [-0.39, 0.29) is 17.4 Å². The van der Waals surface area contributed by atoms with Crippen LogP contribution in [0.1, 0.15) is 49.7 Å². The zero-order valence-electron chi connectivity index (χ0n) is 15.4. The molecule has 144 valence electrons. The van der Waals surface area contributed by atoms with Crippen LogP contribution in [0.3, 0.4) is 0 Å². The Balaban J connectivity index is 1.86. The van der Waals surface area contributed by atoms with Crippen LogP contribution in [0.4, 0.5) is 5.69 Å². The van der Waals surface area contributed by atoms with Crippen LogP contribution in [0, 0.1) is 12.8 Å². The Kier molecular flexibility index (Phi) is 6.93. The molecule has 1 N–H and O–H groups in total. The van der Waals surface area contributed by atoms with Gasteiger partial charge in [-0.15, -0.1) is 0 Å². The third-order valence-corrected chi connectivity index (χ3v) is 6.55. The minimum atomic E-state index is -0.166. The lowest BCUT2D eigenvalue weighted by Crippen LogP contribution is -2.30. The molecule has 0 bridgehead atoms. The van der Waals surface area contributed by atoms with Crippen LogP contribution in [0.2, 0.25) is 0 Å². The molecule has 27 heavy (non-hydrogen) atoms. The van der Waals surface area contributed by atoms with Crippen molar-refractivity contribution in [1.82, 2.24) is 4.57 Å². The maximum atomic E-state index is 13.0. The number of halogens is 2. The van der Waals surface area contributed by atoms with E-state index >= 15 is 0 Å². The van der Waals surface area contributed by atoms with E-state index in [1.165, 1.54) is 12.8 Å². The van der Waals surface area contributed by atoms with Gasteiger partial charge in [0.25, 0.3) is 5.56 Å². The van der Waals surface area contributed by atoms with Crippen LogP contribution < -0.4 is 10.9 Å². The molecule has 0 spiro atoms. The highest BCUT2D eigenvalue weighted by Gasteiger charge is 2.22. The first-order valence-electron chi connectivity index (χ1n) is 9.40. The van der Waals surface area contributed by atoms with Crippen molar-refractivity contribution in [3.8, 4) is 0 Å². The number of nitrogens with one attached hydrogen (secondary N) is 1. The number of hydrogen-bond donors (Lipinski definition) is 1. The number of amides is 1. The van der Waals surface area contributed by atoms with Crippen molar-refractivity contribution in [3.63, 3.8) is 0 Å². The van der Waals surface area contributed by atoms with Crippen molar-refractivity contribution in [2.75, 3.05) is 5.32 Å². The van der Waals surface area contributed by atoms with Crippen LogP contribution in [-0.2, 0) is 11.3 Å². The topological polar surface area (TPSA) is 51.1 Å². The van der Waals surface area contributed by atoms with Gasteiger partial charge in [0.05, 0.1) is 6.54 Å². The number of rotatable bonds is 4. The number of benzene rings is 1. The molecule has 1 fully saturated rings. The molecule has 1 amide bonds. The van der Waals surface area contributed by atoms with Gasteiger partial charge in [-0.05, 0) is 59.0 Å². The molecule has 1 aliphatic carbocycles. The Morgan fingerprint density at radius 3 is 2.37 bits per heavy atom. The fraction of sp³-hybridized carbons (Fsp3) is 0.429. The Morgan fingerprint density at radius 1 is 1.11 bits per heavy atom. The average molecular weight is 496 g/mol. The minimum Gasteiger partial charge on any atom is -0.321 e. The van der Waals surface area contributed by atoms with E-state index in [9.17, 15) is 9.59 Å². The smallest absolute Gasteiger partial charge is 0.274 e. The molecular weight excluding hydrogens is 472 g/mol. The first-order valence-corrected chi connectivity index (χ1v) is 11.0. The van der Waals surface area contributed by atoms with Gasteiger partial charge in [0.1, 0.15) is 5.69 Å². The summed E-state index contributed by atoms with van der Waals surface area (Å²) in [6.07, 6.45) is 8.17. The Hall–Kier alpha value is -1.40. The van der Waals surface area contributed by atoms with Crippen LogP contribution in [0.5, 0.6) is 0 Å². The first-order chi connectivity index (χ1) is 13.0. The van der Waals surface area contributed by atoms with Crippen molar-refractivity contribution in [3.05, 3.63) is 60.9 Å². The van der Waals surface area contributed by atoms with Crippen molar-refractivity contribution < 1.29 is 4.79 Å². The molecule has 1 heterocycles. The Bertz CT molecular complexity index is 867. The second-order valence-electron chi connectivity index (χ2n) is 7.21.